The molecule has 4 aromatic carbocycles. The highest BCUT2D eigenvalue weighted by Gasteiger charge is 2.39. The number of likely N-dealkylation sites (N-methyl/N-ethyl adjacent to an activating group) is 4. The van der Waals surface area contributed by atoms with Crippen molar-refractivity contribution in [2.45, 2.75) is 65.7 Å². The number of rotatable bonds is 6. The van der Waals surface area contributed by atoms with Crippen molar-refractivity contribution in [2.24, 2.45) is 0 Å². The van der Waals surface area contributed by atoms with Crippen LogP contribution in [-0.2, 0) is 9.59 Å². The number of hydrogen-bond acceptors (Lipinski definition) is 10. The Morgan fingerprint density at radius 2 is 0.875 bits per heavy atom. The standard InChI is InChI=1S/C48H52N12O4/c1-27-11-17-35(18-12-27)59-43(33-15-21-37-39(23-33)53(7)31(5)45(61)55(37)9)49-41(51-59)47(63)57-25-30(4)58(26-29(57)3)48(64)42-50-44(60(52-42)36-19-13-28(2)14-20-36)34-16-22-38-40(24-34)54(8)32(6)46(62)56(38)10/h11-24,29-32H,25-26H2,1-10H3/t29-,30+,31-,32-/m1/s1. The van der Waals surface area contributed by atoms with Gasteiger partial charge in [-0.3, -0.25) is 19.2 Å². The molecular weight excluding hydrogens is 809 g/mol. The van der Waals surface area contributed by atoms with Crippen molar-refractivity contribution in [2.75, 3.05) is 60.9 Å². The van der Waals surface area contributed by atoms with Gasteiger partial charge < -0.3 is 29.4 Å². The summed E-state index contributed by atoms with van der Waals surface area (Å²) in [5.74, 6) is 0.335. The van der Waals surface area contributed by atoms with Gasteiger partial charge in [-0.2, -0.15) is 0 Å². The number of carbonyl (C=O) groups excluding carboxylic acids is 4. The predicted molar refractivity (Wildman–Crippen MR) is 247 cm³/mol. The maximum absolute atomic E-state index is 14.5. The average molecular weight is 861 g/mol. The topological polar surface area (TPSA) is 149 Å². The first-order valence-corrected chi connectivity index (χ1v) is 21.5. The van der Waals surface area contributed by atoms with E-state index in [-0.39, 0.29) is 60.5 Å². The van der Waals surface area contributed by atoms with Gasteiger partial charge in [0.15, 0.2) is 11.6 Å². The van der Waals surface area contributed by atoms with Crippen LogP contribution in [0.1, 0.15) is 60.1 Å². The summed E-state index contributed by atoms with van der Waals surface area (Å²) in [6.07, 6.45) is 0. The molecule has 0 aliphatic carbocycles. The van der Waals surface area contributed by atoms with E-state index in [2.05, 4.69) is 0 Å². The zero-order chi connectivity index (χ0) is 45.5. The van der Waals surface area contributed by atoms with Crippen molar-refractivity contribution in [1.82, 2.24) is 39.3 Å². The van der Waals surface area contributed by atoms with Crippen molar-refractivity contribution in [1.29, 1.82) is 0 Å². The molecule has 0 unspecified atom stereocenters. The summed E-state index contributed by atoms with van der Waals surface area (Å²) in [6.45, 7) is 12.1. The summed E-state index contributed by atoms with van der Waals surface area (Å²) in [6, 6.07) is 25.8. The molecule has 0 spiro atoms. The maximum atomic E-state index is 14.5. The van der Waals surface area contributed by atoms with Gasteiger partial charge in [-0.05, 0) is 102 Å². The Balaban J connectivity index is 1.02. The lowest BCUT2D eigenvalue weighted by molar-refractivity contribution is -0.120. The quantitative estimate of drug-likeness (QED) is 0.202. The number of nitrogens with zero attached hydrogens (tertiary/aromatic N) is 12. The highest BCUT2D eigenvalue weighted by Crippen LogP contribution is 2.39. The first kappa shape index (κ1) is 42.0. The fraction of sp³-hybridized carbons (Fsp3) is 0.333. The number of carbonyl (C=O) groups is 4. The van der Waals surface area contributed by atoms with Crippen LogP contribution in [0.3, 0.4) is 0 Å². The Labute approximate surface area is 372 Å². The van der Waals surface area contributed by atoms with E-state index in [1.54, 1.807) is 43.1 Å². The summed E-state index contributed by atoms with van der Waals surface area (Å²) < 4.78 is 3.38. The lowest BCUT2D eigenvalue weighted by Gasteiger charge is -2.43. The molecule has 0 saturated carbocycles. The molecule has 4 atom stereocenters. The summed E-state index contributed by atoms with van der Waals surface area (Å²) >= 11 is 0. The van der Waals surface area contributed by atoms with Gasteiger partial charge >= 0.3 is 0 Å². The number of piperazine rings is 1. The molecule has 0 radical (unpaired) electrons. The minimum atomic E-state index is -0.397. The van der Waals surface area contributed by atoms with Crippen LogP contribution in [0.4, 0.5) is 22.7 Å². The van der Waals surface area contributed by atoms with Gasteiger partial charge in [-0.25, -0.2) is 19.3 Å². The van der Waals surface area contributed by atoms with Crippen molar-refractivity contribution in [3.63, 3.8) is 0 Å². The monoisotopic (exact) mass is 860 g/mol. The van der Waals surface area contributed by atoms with Crippen LogP contribution in [0, 0.1) is 13.8 Å². The normalized spacial score (nSPS) is 19.9. The van der Waals surface area contributed by atoms with E-state index in [4.69, 9.17) is 20.2 Å². The summed E-state index contributed by atoms with van der Waals surface area (Å²) in [5.41, 5.74) is 8.41. The molecule has 0 bridgehead atoms. The van der Waals surface area contributed by atoms with Gasteiger partial charge in [-0.1, -0.05) is 35.4 Å². The van der Waals surface area contributed by atoms with Crippen LogP contribution in [-0.4, -0.2) is 128 Å². The predicted octanol–water partition coefficient (Wildman–Crippen LogP) is 5.78. The average Bonchev–Trinajstić information content (AvgIpc) is 3.95. The minimum Gasteiger partial charge on any atom is -0.361 e. The lowest BCUT2D eigenvalue weighted by atomic mass is 10.1. The van der Waals surface area contributed by atoms with Gasteiger partial charge in [-0.15, -0.1) is 10.2 Å². The zero-order valence-electron chi connectivity index (χ0n) is 37.8. The summed E-state index contributed by atoms with van der Waals surface area (Å²) in [4.78, 5) is 75.4. The lowest BCUT2D eigenvalue weighted by Crippen LogP contribution is -2.59. The number of anilines is 4. The number of amides is 4. The molecular formula is C48H52N12O4. The van der Waals surface area contributed by atoms with Crippen LogP contribution < -0.4 is 19.6 Å². The number of hydrogen-bond donors (Lipinski definition) is 0. The maximum Gasteiger partial charge on any atom is 0.293 e. The Morgan fingerprint density at radius 1 is 0.516 bits per heavy atom. The third-order valence-corrected chi connectivity index (χ3v) is 13.1. The number of aryl methyl sites for hydroxylation is 2. The SMILES string of the molecule is Cc1ccc(-n2nc(C(=O)N3C[C@H](C)N(C(=O)c4nc(-c5ccc6c(c5)N(C)[C@H](C)C(=O)N6C)n(-c5ccc(C)cc5)n4)C[C@H]3C)nc2-c2ccc3c(c2)N(C)[C@H](C)C(=O)N3C)cc1. The third kappa shape index (κ3) is 6.93. The molecule has 1 fully saturated rings. The molecule has 1 saturated heterocycles. The molecule has 4 amide bonds. The fourth-order valence-electron chi connectivity index (χ4n) is 8.86. The van der Waals surface area contributed by atoms with Crippen LogP contribution in [0.25, 0.3) is 34.2 Å². The van der Waals surface area contributed by atoms with Crippen molar-refractivity contribution >= 4 is 46.4 Å². The molecule has 5 heterocycles. The van der Waals surface area contributed by atoms with E-state index in [0.717, 1.165) is 56.4 Å². The highest BCUT2D eigenvalue weighted by atomic mass is 16.2. The largest absolute Gasteiger partial charge is 0.361 e. The Hall–Kier alpha value is -7.36. The molecule has 6 aromatic rings. The second kappa shape index (κ2) is 15.8. The smallest absolute Gasteiger partial charge is 0.293 e. The second-order valence-electron chi connectivity index (χ2n) is 17.4. The van der Waals surface area contributed by atoms with E-state index in [1.807, 2.05) is 150 Å². The zero-order valence-corrected chi connectivity index (χ0v) is 37.8. The van der Waals surface area contributed by atoms with E-state index < -0.39 is 12.1 Å². The molecule has 16 heteroatoms. The van der Waals surface area contributed by atoms with E-state index >= 15 is 0 Å². The number of fused-ring (bicyclic) bond motifs is 2. The summed E-state index contributed by atoms with van der Waals surface area (Å²) in [7, 11) is 7.34. The number of benzene rings is 4. The molecule has 328 valence electrons. The third-order valence-electron chi connectivity index (χ3n) is 13.1. The van der Waals surface area contributed by atoms with Gasteiger partial charge in [0.2, 0.25) is 23.5 Å². The van der Waals surface area contributed by atoms with E-state index in [1.165, 1.54) is 0 Å². The molecule has 0 N–H and O–H groups in total. The Bertz CT molecular complexity index is 2660. The van der Waals surface area contributed by atoms with Gasteiger partial charge in [0, 0.05) is 64.5 Å². The van der Waals surface area contributed by atoms with Crippen molar-refractivity contribution in [3.05, 3.63) is 108 Å². The van der Waals surface area contributed by atoms with Gasteiger partial charge in [0.1, 0.15) is 12.1 Å². The second-order valence-corrected chi connectivity index (χ2v) is 17.4. The van der Waals surface area contributed by atoms with E-state index in [9.17, 15) is 19.2 Å². The summed E-state index contributed by atoms with van der Waals surface area (Å²) in [5, 5.41) is 9.65. The van der Waals surface area contributed by atoms with Crippen LogP contribution in [0.5, 0.6) is 0 Å². The van der Waals surface area contributed by atoms with Crippen LogP contribution in [0.15, 0.2) is 84.9 Å². The van der Waals surface area contributed by atoms with Crippen molar-refractivity contribution < 1.29 is 19.2 Å². The molecule has 64 heavy (non-hydrogen) atoms. The minimum absolute atomic E-state index is 0.00313. The Kier molecular flexibility index (Phi) is 10.3. The highest BCUT2D eigenvalue weighted by molar-refractivity contribution is 6.06. The molecule has 9 rings (SSSR count). The molecule has 2 aromatic heterocycles. The molecule has 16 nitrogen and oxygen atoms in total. The van der Waals surface area contributed by atoms with Gasteiger partial charge in [0.25, 0.3) is 11.8 Å². The van der Waals surface area contributed by atoms with Gasteiger partial charge in [0.05, 0.1) is 34.1 Å². The van der Waals surface area contributed by atoms with Crippen LogP contribution in [0.2, 0.25) is 0 Å². The first-order valence-electron chi connectivity index (χ1n) is 21.5. The fourth-order valence-corrected chi connectivity index (χ4v) is 8.86. The van der Waals surface area contributed by atoms with Crippen molar-refractivity contribution in [3.8, 4) is 34.2 Å². The van der Waals surface area contributed by atoms with Crippen LogP contribution >= 0.6 is 0 Å². The Morgan fingerprint density at radius 3 is 1.23 bits per heavy atom. The molecule has 3 aliphatic heterocycles. The number of aromatic nitrogens is 6. The first-order chi connectivity index (χ1) is 30.5. The van der Waals surface area contributed by atoms with E-state index in [0.29, 0.717) is 11.6 Å². The molecule has 3 aliphatic rings.